The normalized spacial score (nSPS) is 10.5. The molecule has 0 atom stereocenters. The molecule has 6 nitrogen and oxygen atoms in total. The molecule has 2 amide bonds. The molecule has 0 heterocycles. The second-order valence-corrected chi connectivity index (χ2v) is 6.12. The SMILES string of the molecule is COc1ccc(C(=O)Nc2ccc(NC(=O)CN(C)C)c(C)c2)c(F)c1. The molecule has 0 unspecified atom stereocenters. The van der Waals surface area contributed by atoms with E-state index in [1.807, 2.05) is 21.0 Å². The monoisotopic (exact) mass is 359 g/mol. The van der Waals surface area contributed by atoms with Gasteiger partial charge < -0.3 is 20.3 Å². The topological polar surface area (TPSA) is 70.7 Å². The number of hydrogen-bond acceptors (Lipinski definition) is 4. The molecule has 0 fully saturated rings. The summed E-state index contributed by atoms with van der Waals surface area (Å²) in [4.78, 5) is 25.9. The number of amides is 2. The summed E-state index contributed by atoms with van der Waals surface area (Å²) in [5.74, 6) is -1.01. The first-order valence-electron chi connectivity index (χ1n) is 8.00. The summed E-state index contributed by atoms with van der Waals surface area (Å²) in [5, 5.41) is 5.46. The van der Waals surface area contributed by atoms with E-state index in [0.29, 0.717) is 17.1 Å². The molecule has 0 aliphatic carbocycles. The van der Waals surface area contributed by atoms with Crippen molar-refractivity contribution in [2.75, 3.05) is 38.4 Å². The zero-order valence-corrected chi connectivity index (χ0v) is 15.2. The maximum Gasteiger partial charge on any atom is 0.258 e. The molecule has 2 rings (SSSR count). The number of carbonyl (C=O) groups excluding carboxylic acids is 2. The van der Waals surface area contributed by atoms with Crippen LogP contribution < -0.4 is 15.4 Å². The van der Waals surface area contributed by atoms with Crippen LogP contribution in [0.15, 0.2) is 36.4 Å². The number of aryl methyl sites for hydroxylation is 1. The lowest BCUT2D eigenvalue weighted by Gasteiger charge is -2.13. The molecule has 0 aromatic heterocycles. The van der Waals surface area contributed by atoms with Gasteiger partial charge in [0, 0.05) is 17.4 Å². The van der Waals surface area contributed by atoms with Gasteiger partial charge in [0.15, 0.2) is 0 Å². The summed E-state index contributed by atoms with van der Waals surface area (Å²) < 4.78 is 18.9. The third kappa shape index (κ3) is 5.03. The zero-order chi connectivity index (χ0) is 19.3. The number of benzene rings is 2. The fourth-order valence-corrected chi connectivity index (χ4v) is 2.36. The maximum atomic E-state index is 14.0. The van der Waals surface area contributed by atoms with Gasteiger partial charge in [-0.25, -0.2) is 4.39 Å². The van der Waals surface area contributed by atoms with Gasteiger partial charge in [-0.05, 0) is 56.9 Å². The standard InChI is InChI=1S/C19H22FN3O3/c1-12-9-13(5-8-17(12)22-18(24)11-23(2)3)21-19(25)15-7-6-14(26-4)10-16(15)20/h5-10H,11H2,1-4H3,(H,21,25)(H,22,24). The third-order valence-electron chi connectivity index (χ3n) is 3.64. The Balaban J connectivity index is 2.09. The Labute approximate surface area is 152 Å². The Bertz CT molecular complexity index is 822. The molecule has 26 heavy (non-hydrogen) atoms. The highest BCUT2D eigenvalue weighted by molar-refractivity contribution is 6.04. The number of hydrogen-bond donors (Lipinski definition) is 2. The van der Waals surface area contributed by atoms with E-state index in [1.54, 1.807) is 23.1 Å². The van der Waals surface area contributed by atoms with Crippen LogP contribution in [0, 0.1) is 12.7 Å². The Morgan fingerprint density at radius 1 is 1.12 bits per heavy atom. The van der Waals surface area contributed by atoms with E-state index in [2.05, 4.69) is 10.6 Å². The molecular formula is C19H22FN3O3. The molecule has 7 heteroatoms. The van der Waals surface area contributed by atoms with Crippen LogP contribution in [0.4, 0.5) is 15.8 Å². The predicted octanol–water partition coefficient (Wildman–Crippen LogP) is 2.90. The Kier molecular flexibility index (Phi) is 6.30. The lowest BCUT2D eigenvalue weighted by atomic mass is 10.1. The molecule has 0 radical (unpaired) electrons. The second kappa shape index (κ2) is 8.44. The highest BCUT2D eigenvalue weighted by Gasteiger charge is 2.14. The van der Waals surface area contributed by atoms with E-state index in [4.69, 9.17) is 4.74 Å². The van der Waals surface area contributed by atoms with Crippen molar-refractivity contribution in [1.82, 2.24) is 4.90 Å². The summed E-state index contributed by atoms with van der Waals surface area (Å²) in [5.41, 5.74) is 1.87. The minimum atomic E-state index is -0.661. The van der Waals surface area contributed by atoms with Crippen LogP contribution >= 0.6 is 0 Å². The maximum absolute atomic E-state index is 14.0. The van der Waals surface area contributed by atoms with Crippen LogP contribution in [0.1, 0.15) is 15.9 Å². The van der Waals surface area contributed by atoms with Gasteiger partial charge >= 0.3 is 0 Å². The number of halogens is 1. The van der Waals surface area contributed by atoms with E-state index >= 15 is 0 Å². The van der Waals surface area contributed by atoms with Crippen LogP contribution in [0.3, 0.4) is 0 Å². The van der Waals surface area contributed by atoms with Crippen molar-refractivity contribution in [1.29, 1.82) is 0 Å². The highest BCUT2D eigenvalue weighted by atomic mass is 19.1. The summed E-state index contributed by atoms with van der Waals surface area (Å²) in [6.45, 7) is 2.09. The molecule has 0 aliphatic rings. The van der Waals surface area contributed by atoms with Crippen LogP contribution in [0.5, 0.6) is 5.75 Å². The smallest absolute Gasteiger partial charge is 0.258 e. The summed E-state index contributed by atoms with van der Waals surface area (Å²) >= 11 is 0. The number of carbonyl (C=O) groups is 2. The van der Waals surface area contributed by atoms with Crippen molar-refractivity contribution in [2.24, 2.45) is 0 Å². The number of likely N-dealkylation sites (N-methyl/N-ethyl adjacent to an activating group) is 1. The summed E-state index contributed by atoms with van der Waals surface area (Å²) in [6.07, 6.45) is 0. The number of nitrogens with zero attached hydrogens (tertiary/aromatic N) is 1. The number of ether oxygens (including phenoxy) is 1. The van der Waals surface area contributed by atoms with Gasteiger partial charge in [-0.1, -0.05) is 0 Å². The second-order valence-electron chi connectivity index (χ2n) is 6.12. The molecule has 0 saturated carbocycles. The first kappa shape index (κ1) is 19.4. The lowest BCUT2D eigenvalue weighted by molar-refractivity contribution is -0.116. The Morgan fingerprint density at radius 2 is 1.85 bits per heavy atom. The van der Waals surface area contributed by atoms with Gasteiger partial charge in [-0.3, -0.25) is 9.59 Å². The molecule has 2 aromatic carbocycles. The van der Waals surface area contributed by atoms with Crippen molar-refractivity contribution in [2.45, 2.75) is 6.92 Å². The molecule has 2 N–H and O–H groups in total. The third-order valence-corrected chi connectivity index (χ3v) is 3.64. The van der Waals surface area contributed by atoms with Gasteiger partial charge in [0.1, 0.15) is 11.6 Å². The van der Waals surface area contributed by atoms with Gasteiger partial charge in [0.25, 0.3) is 5.91 Å². The van der Waals surface area contributed by atoms with E-state index < -0.39 is 11.7 Å². The molecule has 0 spiro atoms. The largest absolute Gasteiger partial charge is 0.497 e. The molecule has 138 valence electrons. The van der Waals surface area contributed by atoms with Crippen LogP contribution in [-0.2, 0) is 4.79 Å². The Morgan fingerprint density at radius 3 is 2.42 bits per heavy atom. The summed E-state index contributed by atoms with van der Waals surface area (Å²) in [6, 6.07) is 9.10. The summed E-state index contributed by atoms with van der Waals surface area (Å²) in [7, 11) is 5.04. The minimum absolute atomic E-state index is 0.0770. The van der Waals surface area contributed by atoms with Gasteiger partial charge in [-0.2, -0.15) is 0 Å². The molecule has 0 saturated heterocycles. The number of rotatable bonds is 6. The lowest BCUT2D eigenvalue weighted by Crippen LogP contribution is -2.27. The van der Waals surface area contributed by atoms with Crippen molar-refractivity contribution >= 4 is 23.2 Å². The average Bonchev–Trinajstić information content (AvgIpc) is 2.56. The molecule has 2 aromatic rings. The number of methoxy groups -OCH3 is 1. The van der Waals surface area contributed by atoms with Gasteiger partial charge in [0.2, 0.25) is 5.91 Å². The van der Waals surface area contributed by atoms with E-state index in [-0.39, 0.29) is 18.0 Å². The first-order valence-corrected chi connectivity index (χ1v) is 8.00. The van der Waals surface area contributed by atoms with Crippen LogP contribution in [0.2, 0.25) is 0 Å². The fourth-order valence-electron chi connectivity index (χ4n) is 2.36. The zero-order valence-electron chi connectivity index (χ0n) is 15.2. The van der Waals surface area contributed by atoms with E-state index in [9.17, 15) is 14.0 Å². The molecule has 0 bridgehead atoms. The van der Waals surface area contributed by atoms with Crippen molar-refractivity contribution < 1.29 is 18.7 Å². The van der Waals surface area contributed by atoms with Crippen molar-refractivity contribution in [3.05, 3.63) is 53.3 Å². The van der Waals surface area contributed by atoms with Crippen LogP contribution in [-0.4, -0.2) is 44.5 Å². The minimum Gasteiger partial charge on any atom is -0.497 e. The van der Waals surface area contributed by atoms with Crippen LogP contribution in [0.25, 0.3) is 0 Å². The average molecular weight is 359 g/mol. The van der Waals surface area contributed by atoms with E-state index in [1.165, 1.54) is 19.2 Å². The molecular weight excluding hydrogens is 337 g/mol. The van der Waals surface area contributed by atoms with Crippen molar-refractivity contribution in [3.8, 4) is 5.75 Å². The highest BCUT2D eigenvalue weighted by Crippen LogP contribution is 2.22. The van der Waals surface area contributed by atoms with Crippen molar-refractivity contribution in [3.63, 3.8) is 0 Å². The quantitative estimate of drug-likeness (QED) is 0.832. The Hall–Kier alpha value is -2.93. The fraction of sp³-hybridized carbons (Fsp3) is 0.263. The first-order chi connectivity index (χ1) is 12.3. The van der Waals surface area contributed by atoms with Gasteiger partial charge in [-0.15, -0.1) is 0 Å². The predicted molar refractivity (Wildman–Crippen MR) is 99.3 cm³/mol. The molecule has 0 aliphatic heterocycles. The van der Waals surface area contributed by atoms with E-state index in [0.717, 1.165) is 11.6 Å². The number of anilines is 2. The van der Waals surface area contributed by atoms with Gasteiger partial charge in [0.05, 0.1) is 19.2 Å². The number of nitrogens with one attached hydrogen (secondary N) is 2.